The molecule has 136 valence electrons. The summed E-state index contributed by atoms with van der Waals surface area (Å²) in [7, 11) is 0. The number of fused-ring (bicyclic) bond motifs is 1. The highest BCUT2D eigenvalue weighted by Crippen LogP contribution is 2.19. The summed E-state index contributed by atoms with van der Waals surface area (Å²) in [6.07, 6.45) is 2.65. The molecule has 7 heteroatoms. The van der Waals surface area contributed by atoms with Crippen molar-refractivity contribution in [3.05, 3.63) is 53.0 Å². The van der Waals surface area contributed by atoms with Crippen LogP contribution in [0.4, 0.5) is 0 Å². The zero-order valence-corrected chi connectivity index (χ0v) is 14.7. The minimum atomic E-state index is -1.05. The molecule has 0 fully saturated rings. The molecule has 0 unspecified atom stereocenters. The van der Waals surface area contributed by atoms with E-state index in [1.807, 2.05) is 31.2 Å². The van der Waals surface area contributed by atoms with Gasteiger partial charge in [-0.2, -0.15) is 0 Å². The van der Waals surface area contributed by atoms with Gasteiger partial charge in [0, 0.05) is 35.5 Å². The van der Waals surface area contributed by atoms with Crippen LogP contribution in [0.3, 0.4) is 0 Å². The predicted molar refractivity (Wildman–Crippen MR) is 95.9 cm³/mol. The van der Waals surface area contributed by atoms with Gasteiger partial charge >= 0.3 is 5.97 Å². The van der Waals surface area contributed by atoms with Gasteiger partial charge < -0.3 is 19.9 Å². The number of carboxylic acids is 1. The number of carbonyl (C=O) groups excluding carboxylic acids is 1. The zero-order chi connectivity index (χ0) is 18.7. The van der Waals surface area contributed by atoms with Gasteiger partial charge in [-0.1, -0.05) is 23.4 Å². The molecule has 1 atom stereocenters. The number of hydrogen-bond donors (Lipinski definition) is 3. The Bertz CT molecular complexity index is 922. The first kappa shape index (κ1) is 17.7. The number of benzene rings is 1. The van der Waals surface area contributed by atoms with E-state index in [-0.39, 0.29) is 18.7 Å². The molecule has 0 saturated carbocycles. The summed E-state index contributed by atoms with van der Waals surface area (Å²) in [4.78, 5) is 26.9. The molecule has 26 heavy (non-hydrogen) atoms. The average molecular weight is 355 g/mol. The zero-order valence-electron chi connectivity index (χ0n) is 14.7. The third-order valence-corrected chi connectivity index (χ3v) is 4.52. The Hall–Kier alpha value is -3.09. The van der Waals surface area contributed by atoms with Crippen molar-refractivity contribution in [3.8, 4) is 0 Å². The van der Waals surface area contributed by atoms with Crippen LogP contribution in [-0.2, 0) is 22.4 Å². The van der Waals surface area contributed by atoms with Gasteiger partial charge in [-0.25, -0.2) is 4.79 Å². The van der Waals surface area contributed by atoms with E-state index in [1.165, 1.54) is 0 Å². The molecule has 7 nitrogen and oxygen atoms in total. The Morgan fingerprint density at radius 3 is 2.77 bits per heavy atom. The van der Waals surface area contributed by atoms with Crippen LogP contribution in [-0.4, -0.2) is 33.2 Å². The molecule has 0 aliphatic carbocycles. The molecule has 2 heterocycles. The summed E-state index contributed by atoms with van der Waals surface area (Å²) in [5.41, 5.74) is 3.45. The van der Waals surface area contributed by atoms with Crippen molar-refractivity contribution in [1.29, 1.82) is 0 Å². The largest absolute Gasteiger partial charge is 0.480 e. The van der Waals surface area contributed by atoms with Gasteiger partial charge in [-0.05, 0) is 31.9 Å². The van der Waals surface area contributed by atoms with Crippen molar-refractivity contribution in [1.82, 2.24) is 15.5 Å². The van der Waals surface area contributed by atoms with Crippen LogP contribution in [0, 0.1) is 13.8 Å². The normalized spacial score (nSPS) is 12.2. The van der Waals surface area contributed by atoms with Crippen LogP contribution >= 0.6 is 0 Å². The van der Waals surface area contributed by atoms with Gasteiger partial charge in [0.05, 0.1) is 5.69 Å². The molecule has 0 bridgehead atoms. The minimum absolute atomic E-state index is 0.181. The van der Waals surface area contributed by atoms with Crippen molar-refractivity contribution in [2.45, 2.75) is 39.2 Å². The first-order valence-electron chi connectivity index (χ1n) is 8.44. The van der Waals surface area contributed by atoms with Crippen molar-refractivity contribution in [2.24, 2.45) is 0 Å². The van der Waals surface area contributed by atoms with Gasteiger partial charge in [0.1, 0.15) is 11.8 Å². The average Bonchev–Trinajstić information content (AvgIpc) is 3.16. The van der Waals surface area contributed by atoms with Gasteiger partial charge in [-0.3, -0.25) is 4.79 Å². The molecule has 0 aliphatic heterocycles. The lowest BCUT2D eigenvalue weighted by molar-refractivity contribution is -0.141. The summed E-state index contributed by atoms with van der Waals surface area (Å²) in [5, 5.41) is 16.9. The number of aryl methyl sites for hydroxylation is 2. The van der Waals surface area contributed by atoms with E-state index in [9.17, 15) is 14.7 Å². The van der Waals surface area contributed by atoms with Gasteiger partial charge in [0.25, 0.3) is 0 Å². The standard InChI is InChI=1S/C19H21N3O4/c1-11-14(12(2)26-22-11)7-8-18(23)21-17(19(24)25)9-13-10-20-16-6-4-3-5-15(13)16/h3-6,10,17,20H,7-9H2,1-2H3,(H,21,23)(H,24,25)/t17-/m0/s1. The van der Waals surface area contributed by atoms with Crippen molar-refractivity contribution < 1.29 is 19.2 Å². The fourth-order valence-corrected chi connectivity index (χ4v) is 3.08. The molecular weight excluding hydrogens is 334 g/mol. The number of rotatable bonds is 7. The number of hydrogen-bond acceptors (Lipinski definition) is 4. The van der Waals surface area contributed by atoms with E-state index in [2.05, 4.69) is 15.5 Å². The Balaban J connectivity index is 1.65. The Morgan fingerprint density at radius 2 is 2.08 bits per heavy atom. The number of H-pyrrole nitrogens is 1. The maximum atomic E-state index is 12.2. The van der Waals surface area contributed by atoms with Crippen LogP contribution in [0.15, 0.2) is 35.0 Å². The summed E-state index contributed by atoms with van der Waals surface area (Å²) in [5.74, 6) is -0.679. The number of carbonyl (C=O) groups is 2. The fourth-order valence-electron chi connectivity index (χ4n) is 3.08. The third-order valence-electron chi connectivity index (χ3n) is 4.52. The molecule has 1 amide bonds. The summed E-state index contributed by atoms with van der Waals surface area (Å²) in [6.45, 7) is 3.62. The molecule has 0 radical (unpaired) electrons. The number of nitrogens with one attached hydrogen (secondary N) is 2. The van der Waals surface area contributed by atoms with E-state index >= 15 is 0 Å². The Morgan fingerprint density at radius 1 is 1.31 bits per heavy atom. The van der Waals surface area contributed by atoms with Crippen LogP contribution in [0.25, 0.3) is 10.9 Å². The van der Waals surface area contributed by atoms with Crippen molar-refractivity contribution in [2.75, 3.05) is 0 Å². The van der Waals surface area contributed by atoms with Gasteiger partial charge in [-0.15, -0.1) is 0 Å². The number of para-hydroxylation sites is 1. The lowest BCUT2D eigenvalue weighted by Gasteiger charge is -2.14. The maximum absolute atomic E-state index is 12.2. The molecule has 1 aromatic carbocycles. The molecule has 0 spiro atoms. The van der Waals surface area contributed by atoms with E-state index in [0.29, 0.717) is 12.2 Å². The van der Waals surface area contributed by atoms with E-state index in [1.54, 1.807) is 13.1 Å². The van der Waals surface area contributed by atoms with Crippen molar-refractivity contribution in [3.63, 3.8) is 0 Å². The monoisotopic (exact) mass is 355 g/mol. The second-order valence-corrected chi connectivity index (χ2v) is 6.32. The summed E-state index contributed by atoms with van der Waals surface area (Å²) >= 11 is 0. The van der Waals surface area contributed by atoms with Gasteiger partial charge in [0.15, 0.2) is 0 Å². The van der Waals surface area contributed by atoms with E-state index in [4.69, 9.17) is 4.52 Å². The minimum Gasteiger partial charge on any atom is -0.480 e. The summed E-state index contributed by atoms with van der Waals surface area (Å²) < 4.78 is 5.08. The van der Waals surface area contributed by atoms with E-state index < -0.39 is 12.0 Å². The predicted octanol–water partition coefficient (Wildman–Crippen LogP) is 2.52. The topological polar surface area (TPSA) is 108 Å². The smallest absolute Gasteiger partial charge is 0.326 e. The van der Waals surface area contributed by atoms with Crippen LogP contribution in [0.2, 0.25) is 0 Å². The third kappa shape index (κ3) is 3.77. The highest BCUT2D eigenvalue weighted by molar-refractivity contribution is 5.86. The number of amides is 1. The SMILES string of the molecule is Cc1noc(C)c1CCC(=O)N[C@@H](Cc1c[nH]c2ccccc12)C(=O)O. The lowest BCUT2D eigenvalue weighted by Crippen LogP contribution is -2.42. The molecule has 0 saturated heterocycles. The lowest BCUT2D eigenvalue weighted by atomic mass is 10.0. The summed E-state index contributed by atoms with van der Waals surface area (Å²) in [6, 6.07) is 6.69. The van der Waals surface area contributed by atoms with Crippen LogP contribution in [0.5, 0.6) is 0 Å². The fraction of sp³-hybridized carbons (Fsp3) is 0.316. The first-order chi connectivity index (χ1) is 12.5. The second-order valence-electron chi connectivity index (χ2n) is 6.32. The maximum Gasteiger partial charge on any atom is 0.326 e. The highest BCUT2D eigenvalue weighted by Gasteiger charge is 2.22. The van der Waals surface area contributed by atoms with Gasteiger partial charge in [0.2, 0.25) is 5.91 Å². The quantitative estimate of drug-likeness (QED) is 0.603. The highest BCUT2D eigenvalue weighted by atomic mass is 16.5. The second kappa shape index (κ2) is 7.43. The number of aliphatic carboxylic acids is 1. The molecule has 3 rings (SSSR count). The number of carboxylic acid groups (broad SMARTS) is 1. The number of nitrogens with zero attached hydrogens (tertiary/aromatic N) is 1. The molecule has 3 aromatic rings. The number of aromatic nitrogens is 2. The molecular formula is C19H21N3O4. The molecule has 3 N–H and O–H groups in total. The Labute approximate surface area is 150 Å². The number of aromatic amines is 1. The first-order valence-corrected chi connectivity index (χ1v) is 8.44. The van der Waals surface area contributed by atoms with Crippen molar-refractivity contribution >= 4 is 22.8 Å². The van der Waals surface area contributed by atoms with Crippen LogP contribution < -0.4 is 5.32 Å². The van der Waals surface area contributed by atoms with E-state index in [0.717, 1.165) is 27.7 Å². The molecule has 0 aliphatic rings. The molecule has 2 aromatic heterocycles. The van der Waals surface area contributed by atoms with Crippen LogP contribution in [0.1, 0.15) is 29.0 Å². The Kier molecular flexibility index (Phi) is 5.06.